The van der Waals surface area contributed by atoms with E-state index >= 15 is 0 Å². The lowest BCUT2D eigenvalue weighted by molar-refractivity contribution is 0.0947. The van der Waals surface area contributed by atoms with Crippen LogP contribution in [0.5, 0.6) is 0 Å². The number of benzene rings is 2. The second-order valence-corrected chi connectivity index (χ2v) is 10.2. The third-order valence-corrected chi connectivity index (χ3v) is 8.02. The number of carbonyl (C=O) groups is 2. The van der Waals surface area contributed by atoms with Gasteiger partial charge in [-0.15, -0.1) is 10.2 Å². The number of tetrazole rings is 1. The van der Waals surface area contributed by atoms with Crippen molar-refractivity contribution in [1.82, 2.24) is 31.3 Å². The Kier molecular flexibility index (Phi) is 7.06. The van der Waals surface area contributed by atoms with Gasteiger partial charge in [-0.2, -0.15) is 5.21 Å². The maximum Gasteiger partial charge on any atom is 0.251 e. The van der Waals surface area contributed by atoms with Gasteiger partial charge in [-0.3, -0.25) is 9.59 Å². The van der Waals surface area contributed by atoms with Crippen molar-refractivity contribution >= 4 is 11.8 Å². The molecule has 2 aromatic carbocycles. The van der Waals surface area contributed by atoms with Crippen molar-refractivity contribution in [2.75, 3.05) is 13.1 Å². The Labute approximate surface area is 217 Å². The van der Waals surface area contributed by atoms with E-state index in [2.05, 4.69) is 31.3 Å². The zero-order chi connectivity index (χ0) is 26.0. The van der Waals surface area contributed by atoms with E-state index in [0.29, 0.717) is 55.2 Å². The van der Waals surface area contributed by atoms with Gasteiger partial charge in [0.1, 0.15) is 0 Å². The highest BCUT2D eigenvalue weighted by atomic mass is 16.2. The minimum Gasteiger partial charge on any atom is -0.352 e. The molecule has 2 aliphatic carbocycles. The molecule has 1 saturated carbocycles. The van der Waals surface area contributed by atoms with Gasteiger partial charge in [0.25, 0.3) is 11.8 Å². The molecule has 2 amide bonds. The molecule has 194 valence electrons. The third kappa shape index (κ3) is 4.52. The van der Waals surface area contributed by atoms with Crippen LogP contribution in [0.4, 0.5) is 0 Å². The van der Waals surface area contributed by atoms with Crippen LogP contribution in [-0.4, -0.2) is 51.6 Å². The van der Waals surface area contributed by atoms with Crippen molar-refractivity contribution in [1.29, 1.82) is 0 Å². The Bertz CT molecular complexity index is 1210. The Morgan fingerprint density at radius 2 is 1.57 bits per heavy atom. The van der Waals surface area contributed by atoms with E-state index in [0.717, 1.165) is 35.1 Å². The molecular formula is C28H35N7O2. The lowest BCUT2D eigenvalue weighted by atomic mass is 9.64. The zero-order valence-corrected chi connectivity index (χ0v) is 21.5. The zero-order valence-electron chi connectivity index (χ0n) is 21.5. The highest BCUT2D eigenvalue weighted by Crippen LogP contribution is 2.48. The first kappa shape index (κ1) is 25.1. The van der Waals surface area contributed by atoms with E-state index in [1.165, 1.54) is 6.42 Å². The summed E-state index contributed by atoms with van der Waals surface area (Å²) in [5, 5.41) is 21.4. The van der Waals surface area contributed by atoms with Crippen LogP contribution in [0, 0.1) is 5.92 Å². The number of carbonyl (C=O) groups excluding carboxylic acids is 2. The molecule has 37 heavy (non-hydrogen) atoms. The summed E-state index contributed by atoms with van der Waals surface area (Å²) in [6, 6.07) is 11.7. The topological polar surface area (TPSA) is 139 Å². The van der Waals surface area contributed by atoms with E-state index in [4.69, 9.17) is 5.73 Å². The van der Waals surface area contributed by atoms with E-state index < -0.39 is 5.41 Å². The third-order valence-electron chi connectivity index (χ3n) is 8.02. The fraction of sp³-hybridized carbons (Fsp3) is 0.464. The Morgan fingerprint density at radius 3 is 2.00 bits per heavy atom. The lowest BCUT2D eigenvalue weighted by Crippen LogP contribution is -2.44. The summed E-state index contributed by atoms with van der Waals surface area (Å²) in [5.41, 5.74) is 11.6. The average Bonchev–Trinajstić information content (AvgIpc) is 3.36. The molecule has 1 heterocycles. The number of fused-ring (bicyclic) bond motifs is 2. The van der Waals surface area contributed by atoms with Gasteiger partial charge >= 0.3 is 0 Å². The molecule has 1 atom stereocenters. The van der Waals surface area contributed by atoms with Crippen LogP contribution in [0.25, 0.3) is 0 Å². The second-order valence-electron chi connectivity index (χ2n) is 10.2. The summed E-state index contributed by atoms with van der Waals surface area (Å²) in [6.07, 6.45) is 5.48. The van der Waals surface area contributed by atoms with E-state index in [1.54, 1.807) is 0 Å². The van der Waals surface area contributed by atoms with Crippen LogP contribution in [0.2, 0.25) is 0 Å². The lowest BCUT2D eigenvalue weighted by Gasteiger charge is -2.40. The van der Waals surface area contributed by atoms with Crippen molar-refractivity contribution in [2.45, 2.75) is 63.8 Å². The number of hydrogen-bond acceptors (Lipinski definition) is 6. The van der Waals surface area contributed by atoms with E-state index in [-0.39, 0.29) is 17.9 Å². The van der Waals surface area contributed by atoms with Gasteiger partial charge in [0.15, 0.2) is 5.82 Å². The minimum atomic E-state index is -0.761. The number of H-pyrrole nitrogens is 1. The van der Waals surface area contributed by atoms with Crippen LogP contribution >= 0.6 is 0 Å². The number of hydrogen-bond donors (Lipinski definition) is 4. The van der Waals surface area contributed by atoms with Crippen molar-refractivity contribution in [3.05, 3.63) is 75.6 Å². The first-order chi connectivity index (χ1) is 18.0. The first-order valence-electron chi connectivity index (χ1n) is 13.3. The van der Waals surface area contributed by atoms with Crippen molar-refractivity contribution in [3.8, 4) is 0 Å². The molecule has 9 nitrogen and oxygen atoms in total. The van der Waals surface area contributed by atoms with Crippen LogP contribution in [0.1, 0.15) is 88.3 Å². The number of rotatable bonds is 8. The number of aromatic nitrogens is 4. The fourth-order valence-electron chi connectivity index (χ4n) is 5.94. The summed E-state index contributed by atoms with van der Waals surface area (Å²) >= 11 is 0. The molecule has 5 rings (SSSR count). The molecule has 1 fully saturated rings. The maximum atomic E-state index is 12.7. The molecule has 0 spiro atoms. The Hall–Kier alpha value is -3.59. The summed E-state index contributed by atoms with van der Waals surface area (Å²) in [7, 11) is 0. The summed E-state index contributed by atoms with van der Waals surface area (Å²) in [4.78, 5) is 25.4. The Balaban J connectivity index is 1.72. The summed E-state index contributed by atoms with van der Waals surface area (Å²) in [5.74, 6) is 0.815. The van der Waals surface area contributed by atoms with Crippen LogP contribution in [-0.2, 0) is 18.3 Å². The number of nitrogens with two attached hydrogens (primary N) is 1. The van der Waals surface area contributed by atoms with Crippen LogP contribution in [0.3, 0.4) is 0 Å². The number of aryl methyl sites for hydroxylation is 2. The molecular weight excluding hydrogens is 466 g/mol. The predicted octanol–water partition coefficient (Wildman–Crippen LogP) is 2.65. The highest BCUT2D eigenvalue weighted by molar-refractivity contribution is 5.95. The van der Waals surface area contributed by atoms with Gasteiger partial charge in [-0.25, -0.2) is 0 Å². The summed E-state index contributed by atoms with van der Waals surface area (Å²) in [6.45, 7) is 4.95. The number of aromatic amines is 1. The summed E-state index contributed by atoms with van der Waals surface area (Å²) < 4.78 is 0. The first-order valence-corrected chi connectivity index (χ1v) is 13.3. The largest absolute Gasteiger partial charge is 0.352 e. The number of nitrogens with one attached hydrogen (secondary N) is 3. The smallest absolute Gasteiger partial charge is 0.251 e. The molecule has 0 unspecified atom stereocenters. The van der Waals surface area contributed by atoms with Gasteiger partial charge in [0.2, 0.25) is 0 Å². The van der Waals surface area contributed by atoms with E-state index in [9.17, 15) is 9.59 Å². The monoisotopic (exact) mass is 501 g/mol. The van der Waals surface area contributed by atoms with Gasteiger partial charge in [-0.05, 0) is 98.4 Å². The fourth-order valence-corrected chi connectivity index (χ4v) is 5.94. The Morgan fingerprint density at radius 1 is 1.00 bits per heavy atom. The van der Waals surface area contributed by atoms with Crippen molar-refractivity contribution in [2.24, 2.45) is 11.7 Å². The van der Waals surface area contributed by atoms with Gasteiger partial charge in [-0.1, -0.05) is 23.8 Å². The van der Waals surface area contributed by atoms with Gasteiger partial charge in [0, 0.05) is 30.3 Å². The van der Waals surface area contributed by atoms with E-state index in [1.807, 2.05) is 50.2 Å². The van der Waals surface area contributed by atoms with Crippen LogP contribution < -0.4 is 16.4 Å². The van der Waals surface area contributed by atoms with Gasteiger partial charge in [0.05, 0.1) is 5.41 Å². The molecule has 0 bridgehead atoms. The average molecular weight is 502 g/mol. The number of amides is 2. The predicted molar refractivity (Wildman–Crippen MR) is 140 cm³/mol. The molecule has 2 aliphatic rings. The maximum absolute atomic E-state index is 12.7. The quantitative estimate of drug-likeness (QED) is 0.374. The number of nitrogens with zero attached hydrogens (tertiary/aromatic N) is 3. The van der Waals surface area contributed by atoms with Crippen molar-refractivity contribution < 1.29 is 9.59 Å². The molecule has 5 N–H and O–H groups in total. The molecule has 9 heteroatoms. The molecule has 1 aromatic heterocycles. The van der Waals surface area contributed by atoms with Crippen LogP contribution in [0.15, 0.2) is 36.4 Å². The normalized spacial score (nSPS) is 17.1. The standard InChI is InChI=1S/C28H35N7O2/c1-3-30-25(36)20-10-12-22-18(14-20)8-9-19-15-21(26(37)31-4-2)11-13-23(19)28(22,27-32-34-35-33-27)16-24(29)17-6-5-7-17/h10-15,17,24H,3-9,16,29H2,1-2H3,(H,30,36)(H,31,37)(H,32,33,34,35)/t24-/m0/s1. The minimum absolute atomic E-state index is 0.0582. The molecule has 3 aromatic rings. The molecule has 0 aliphatic heterocycles. The second kappa shape index (κ2) is 10.4. The van der Waals surface area contributed by atoms with Crippen molar-refractivity contribution in [3.63, 3.8) is 0 Å². The SMILES string of the molecule is CCNC(=O)c1ccc2c(c1)CCc1cc(C(=O)NCC)ccc1C2(C[C@H](N)C1CCC1)c1nn[nH]n1. The molecule has 0 saturated heterocycles. The van der Waals surface area contributed by atoms with Gasteiger partial charge < -0.3 is 16.4 Å². The molecule has 0 radical (unpaired) electrons. The highest BCUT2D eigenvalue weighted by Gasteiger charge is 2.47.